The molecule has 7 heteroatoms. The van der Waals surface area contributed by atoms with E-state index in [1.165, 1.54) is 29.2 Å². The summed E-state index contributed by atoms with van der Waals surface area (Å²) in [5, 5.41) is 11.0. The molecule has 2 aromatic heterocycles. The van der Waals surface area contributed by atoms with Crippen molar-refractivity contribution in [2.75, 3.05) is 6.61 Å². The third-order valence-corrected chi connectivity index (χ3v) is 6.31. The van der Waals surface area contributed by atoms with Crippen molar-refractivity contribution < 1.29 is 14.6 Å². The molecule has 6 nitrogen and oxygen atoms in total. The van der Waals surface area contributed by atoms with Crippen LogP contribution in [0.15, 0.2) is 65.7 Å². The minimum absolute atomic E-state index is 0.0157. The van der Waals surface area contributed by atoms with Crippen LogP contribution in [0.25, 0.3) is 20.7 Å². The Morgan fingerprint density at radius 2 is 1.87 bits per heavy atom. The molecule has 4 aromatic rings. The molecule has 0 bridgehead atoms. The average Bonchev–Trinajstić information content (AvgIpc) is 3.12. The number of nitrogens with zero attached hydrogens (tertiary/aromatic N) is 2. The molecule has 4 rings (SSSR count). The largest absolute Gasteiger partial charge is 0.491 e. The lowest BCUT2D eigenvalue weighted by Gasteiger charge is -2.14. The molecule has 0 saturated carbocycles. The summed E-state index contributed by atoms with van der Waals surface area (Å²) in [7, 11) is 0. The number of carbonyl (C=O) groups excluding carboxylic acids is 1. The second-order valence-electron chi connectivity index (χ2n) is 7.35. The van der Waals surface area contributed by atoms with Gasteiger partial charge in [-0.2, -0.15) is 0 Å². The first-order chi connectivity index (χ1) is 14.9. The molecule has 2 aromatic carbocycles. The zero-order valence-electron chi connectivity index (χ0n) is 17.2. The van der Waals surface area contributed by atoms with Gasteiger partial charge < -0.3 is 9.84 Å². The Bertz CT molecular complexity index is 1280. The SMILES string of the molecule is CC(=O)c1ccc(OCC(O)Cn2cnc3sc(-c4ccccc4)c(C)c3c2=O)cc1. The lowest BCUT2D eigenvalue weighted by molar-refractivity contribution is 0.0914. The molecular formula is C24H22N2O4S. The quantitative estimate of drug-likeness (QED) is 0.444. The number of ketones is 1. The van der Waals surface area contributed by atoms with Crippen molar-refractivity contribution >= 4 is 27.3 Å². The average molecular weight is 435 g/mol. The zero-order chi connectivity index (χ0) is 22.0. The van der Waals surface area contributed by atoms with E-state index in [0.29, 0.717) is 21.5 Å². The molecule has 1 atom stereocenters. The monoisotopic (exact) mass is 434 g/mol. The number of aliphatic hydroxyl groups excluding tert-OH is 1. The third-order valence-electron chi connectivity index (χ3n) is 5.06. The lowest BCUT2D eigenvalue weighted by Crippen LogP contribution is -2.30. The summed E-state index contributed by atoms with van der Waals surface area (Å²) in [5.41, 5.74) is 2.37. The Morgan fingerprint density at radius 1 is 1.16 bits per heavy atom. The minimum atomic E-state index is -0.892. The normalized spacial score (nSPS) is 12.1. The molecule has 1 unspecified atom stereocenters. The Kier molecular flexibility index (Phi) is 5.97. The van der Waals surface area contributed by atoms with E-state index >= 15 is 0 Å². The van der Waals surface area contributed by atoms with E-state index in [2.05, 4.69) is 4.98 Å². The smallest absolute Gasteiger partial charge is 0.262 e. The van der Waals surface area contributed by atoms with Crippen LogP contribution in [0.4, 0.5) is 0 Å². The van der Waals surface area contributed by atoms with Gasteiger partial charge in [-0.25, -0.2) is 4.98 Å². The first-order valence-electron chi connectivity index (χ1n) is 9.90. The Morgan fingerprint density at radius 3 is 2.55 bits per heavy atom. The Balaban J connectivity index is 1.50. The van der Waals surface area contributed by atoms with Crippen LogP contribution in [0, 0.1) is 6.92 Å². The molecule has 0 spiro atoms. The summed E-state index contributed by atoms with van der Waals surface area (Å²) in [4.78, 5) is 30.5. The predicted octanol–water partition coefficient (Wildman–Crippen LogP) is 4.08. The number of Topliss-reactive ketones (excluding diaryl/α,β-unsaturated/α-hetero) is 1. The van der Waals surface area contributed by atoms with E-state index < -0.39 is 6.10 Å². The van der Waals surface area contributed by atoms with Crippen molar-refractivity contribution in [1.82, 2.24) is 9.55 Å². The van der Waals surface area contributed by atoms with Gasteiger partial charge in [0.1, 0.15) is 23.3 Å². The van der Waals surface area contributed by atoms with Crippen LogP contribution in [-0.2, 0) is 6.54 Å². The van der Waals surface area contributed by atoms with Crippen molar-refractivity contribution in [2.45, 2.75) is 26.5 Å². The van der Waals surface area contributed by atoms with Crippen LogP contribution in [0.1, 0.15) is 22.8 Å². The van der Waals surface area contributed by atoms with Gasteiger partial charge in [0.15, 0.2) is 5.78 Å². The maximum absolute atomic E-state index is 13.1. The molecule has 0 aliphatic heterocycles. The molecule has 0 saturated heterocycles. The van der Waals surface area contributed by atoms with Gasteiger partial charge in [0, 0.05) is 10.4 Å². The lowest BCUT2D eigenvalue weighted by atomic mass is 10.1. The van der Waals surface area contributed by atoms with Crippen LogP contribution in [0.5, 0.6) is 5.75 Å². The fourth-order valence-electron chi connectivity index (χ4n) is 3.41. The number of aliphatic hydroxyl groups is 1. The topological polar surface area (TPSA) is 81.4 Å². The van der Waals surface area contributed by atoms with Crippen LogP contribution in [0.3, 0.4) is 0 Å². The summed E-state index contributed by atoms with van der Waals surface area (Å²) in [6.07, 6.45) is 0.581. The number of benzene rings is 2. The molecular weight excluding hydrogens is 412 g/mol. The van der Waals surface area contributed by atoms with E-state index in [9.17, 15) is 14.7 Å². The molecule has 0 aliphatic carbocycles. The number of hydrogen-bond acceptors (Lipinski definition) is 6. The summed E-state index contributed by atoms with van der Waals surface area (Å²) < 4.78 is 7.01. The van der Waals surface area contributed by atoms with Gasteiger partial charge in [-0.15, -0.1) is 11.3 Å². The molecule has 31 heavy (non-hydrogen) atoms. The summed E-state index contributed by atoms with van der Waals surface area (Å²) in [6.45, 7) is 3.52. The van der Waals surface area contributed by atoms with Crippen molar-refractivity contribution in [3.05, 3.63) is 82.4 Å². The van der Waals surface area contributed by atoms with Crippen LogP contribution >= 0.6 is 11.3 Å². The summed E-state index contributed by atoms with van der Waals surface area (Å²) >= 11 is 1.49. The number of thiophene rings is 1. The molecule has 0 amide bonds. The molecule has 0 aliphatic rings. The first-order valence-corrected chi connectivity index (χ1v) is 10.7. The molecule has 2 heterocycles. The molecule has 158 valence electrons. The second-order valence-corrected chi connectivity index (χ2v) is 8.35. The first kappa shape index (κ1) is 21.0. The van der Waals surface area contributed by atoms with Gasteiger partial charge in [0.05, 0.1) is 18.3 Å². The number of ether oxygens (including phenoxy) is 1. The van der Waals surface area contributed by atoms with Crippen molar-refractivity contribution in [3.63, 3.8) is 0 Å². The fraction of sp³-hybridized carbons (Fsp3) is 0.208. The number of rotatable bonds is 7. The van der Waals surface area contributed by atoms with E-state index in [0.717, 1.165) is 16.0 Å². The van der Waals surface area contributed by atoms with Crippen LogP contribution < -0.4 is 10.3 Å². The highest BCUT2D eigenvalue weighted by Gasteiger charge is 2.17. The van der Waals surface area contributed by atoms with Gasteiger partial charge in [0.2, 0.25) is 0 Å². The zero-order valence-corrected chi connectivity index (χ0v) is 18.1. The van der Waals surface area contributed by atoms with E-state index in [1.807, 2.05) is 37.3 Å². The molecule has 0 radical (unpaired) electrons. The van der Waals surface area contributed by atoms with Crippen molar-refractivity contribution in [1.29, 1.82) is 0 Å². The highest BCUT2D eigenvalue weighted by Crippen LogP contribution is 2.35. The molecule has 0 fully saturated rings. The van der Waals surface area contributed by atoms with Gasteiger partial charge in [0.25, 0.3) is 5.56 Å². The number of carbonyl (C=O) groups is 1. The molecule has 1 N–H and O–H groups in total. The van der Waals surface area contributed by atoms with Gasteiger partial charge in [-0.3, -0.25) is 14.2 Å². The maximum Gasteiger partial charge on any atom is 0.262 e. The third kappa shape index (κ3) is 4.42. The standard InChI is InChI=1S/C24H22N2O4S/c1-15-21-23(31-22(15)18-6-4-3-5-7-18)25-14-26(24(21)29)12-19(28)13-30-20-10-8-17(9-11-20)16(2)27/h3-11,14,19,28H,12-13H2,1-2H3. The van der Waals surface area contributed by atoms with Gasteiger partial charge >= 0.3 is 0 Å². The van der Waals surface area contributed by atoms with Crippen LogP contribution in [-0.4, -0.2) is 33.2 Å². The summed E-state index contributed by atoms with van der Waals surface area (Å²) in [6, 6.07) is 16.6. The number of aryl methyl sites for hydroxylation is 1. The van der Waals surface area contributed by atoms with E-state index in [4.69, 9.17) is 4.74 Å². The highest BCUT2D eigenvalue weighted by molar-refractivity contribution is 7.22. The predicted molar refractivity (Wildman–Crippen MR) is 122 cm³/mol. The number of aromatic nitrogens is 2. The summed E-state index contributed by atoms with van der Waals surface area (Å²) in [5.74, 6) is 0.527. The Labute approximate surface area is 183 Å². The fourth-order valence-corrected chi connectivity index (χ4v) is 4.56. The van der Waals surface area contributed by atoms with Crippen molar-refractivity contribution in [2.24, 2.45) is 0 Å². The van der Waals surface area contributed by atoms with Gasteiger partial charge in [-0.1, -0.05) is 30.3 Å². The second kappa shape index (κ2) is 8.83. The van der Waals surface area contributed by atoms with E-state index in [1.54, 1.807) is 24.3 Å². The minimum Gasteiger partial charge on any atom is -0.491 e. The number of fused-ring (bicyclic) bond motifs is 1. The van der Waals surface area contributed by atoms with Crippen molar-refractivity contribution in [3.8, 4) is 16.2 Å². The van der Waals surface area contributed by atoms with E-state index in [-0.39, 0.29) is 24.5 Å². The Hall–Kier alpha value is -3.29. The highest BCUT2D eigenvalue weighted by atomic mass is 32.1. The van der Waals surface area contributed by atoms with Gasteiger partial charge in [-0.05, 0) is 49.2 Å². The van der Waals surface area contributed by atoms with Crippen LogP contribution in [0.2, 0.25) is 0 Å². The number of hydrogen-bond donors (Lipinski definition) is 1. The maximum atomic E-state index is 13.1.